The number of aliphatic hydroxyl groups is 1. The van der Waals surface area contributed by atoms with Gasteiger partial charge >= 0.3 is 0 Å². The number of aliphatic hydroxyl groups excluding tert-OH is 1. The van der Waals surface area contributed by atoms with Gasteiger partial charge in [-0.15, -0.1) is 0 Å². The minimum atomic E-state index is -0.242. The van der Waals surface area contributed by atoms with Crippen molar-refractivity contribution in [1.82, 2.24) is 4.90 Å². The molecule has 1 heterocycles. The summed E-state index contributed by atoms with van der Waals surface area (Å²) in [7, 11) is 0. The molecule has 1 saturated heterocycles. The predicted octanol–water partition coefficient (Wildman–Crippen LogP) is 2.97. The molecule has 3 rings (SSSR count). The number of nitrogens with zero attached hydrogens (tertiary/aromatic N) is 1. The second-order valence-corrected chi connectivity index (χ2v) is 6.36. The van der Waals surface area contributed by atoms with Crippen molar-refractivity contribution in [2.45, 2.75) is 63.3 Å². The summed E-state index contributed by atoms with van der Waals surface area (Å²) in [6, 6.07) is 11.0. The van der Waals surface area contributed by atoms with Crippen LogP contribution >= 0.6 is 0 Å². The topological polar surface area (TPSA) is 32.7 Å². The quantitative estimate of drug-likeness (QED) is 0.904. The fraction of sp³-hybridized carbons (Fsp3) is 0.667. The van der Waals surface area contributed by atoms with Gasteiger partial charge in [-0.25, -0.2) is 0 Å². The molecule has 3 atom stereocenters. The summed E-state index contributed by atoms with van der Waals surface area (Å²) in [6.07, 6.45) is 7.93. The van der Waals surface area contributed by atoms with E-state index >= 15 is 0 Å². The Morgan fingerprint density at radius 2 is 1.86 bits per heavy atom. The van der Waals surface area contributed by atoms with Gasteiger partial charge in [0.25, 0.3) is 0 Å². The van der Waals surface area contributed by atoms with E-state index in [0.717, 1.165) is 38.8 Å². The van der Waals surface area contributed by atoms with Crippen molar-refractivity contribution in [1.29, 1.82) is 0 Å². The van der Waals surface area contributed by atoms with E-state index in [-0.39, 0.29) is 6.23 Å². The molecule has 1 aromatic carbocycles. The van der Waals surface area contributed by atoms with Crippen LogP contribution in [-0.4, -0.2) is 41.5 Å². The summed E-state index contributed by atoms with van der Waals surface area (Å²) in [4.78, 5) is 2.28. The molecular formula is C18H27NO2. The van der Waals surface area contributed by atoms with Crippen molar-refractivity contribution in [3.8, 4) is 0 Å². The lowest BCUT2D eigenvalue weighted by molar-refractivity contribution is -0.0775. The first-order valence-corrected chi connectivity index (χ1v) is 8.44. The van der Waals surface area contributed by atoms with E-state index in [2.05, 4.69) is 35.2 Å². The predicted molar refractivity (Wildman–Crippen MR) is 84.1 cm³/mol. The Kier molecular flexibility index (Phi) is 5.28. The van der Waals surface area contributed by atoms with Gasteiger partial charge < -0.3 is 9.84 Å². The van der Waals surface area contributed by atoms with Gasteiger partial charge in [-0.3, -0.25) is 4.90 Å². The minimum Gasteiger partial charge on any atom is -0.378 e. The maximum Gasteiger partial charge on any atom is 0.107 e. The van der Waals surface area contributed by atoms with E-state index < -0.39 is 0 Å². The van der Waals surface area contributed by atoms with E-state index in [9.17, 15) is 5.11 Å². The molecule has 1 N–H and O–H groups in total. The lowest BCUT2D eigenvalue weighted by Gasteiger charge is -2.39. The summed E-state index contributed by atoms with van der Waals surface area (Å²) in [6.45, 7) is 1.82. The van der Waals surface area contributed by atoms with Gasteiger partial charge in [-0.1, -0.05) is 43.2 Å². The zero-order chi connectivity index (χ0) is 14.5. The molecule has 3 heteroatoms. The van der Waals surface area contributed by atoms with Crippen LogP contribution in [-0.2, 0) is 11.2 Å². The van der Waals surface area contributed by atoms with Crippen LogP contribution in [0.4, 0.5) is 0 Å². The SMILES string of the molecule is O[C@@H]1CCCN1[C@@H]1CCCC[C@H]1OCCc1ccccc1. The van der Waals surface area contributed by atoms with Crippen molar-refractivity contribution in [2.75, 3.05) is 13.2 Å². The molecule has 21 heavy (non-hydrogen) atoms. The molecule has 3 nitrogen and oxygen atoms in total. The van der Waals surface area contributed by atoms with Crippen molar-refractivity contribution in [3.63, 3.8) is 0 Å². The van der Waals surface area contributed by atoms with Crippen LogP contribution in [0.25, 0.3) is 0 Å². The molecule has 1 aromatic rings. The Bertz CT molecular complexity index is 422. The molecule has 0 spiro atoms. The van der Waals surface area contributed by atoms with E-state index in [1.807, 2.05) is 0 Å². The van der Waals surface area contributed by atoms with E-state index in [0.29, 0.717) is 12.1 Å². The second kappa shape index (κ2) is 7.39. The highest BCUT2D eigenvalue weighted by Crippen LogP contribution is 2.30. The molecule has 2 aliphatic rings. The van der Waals surface area contributed by atoms with Crippen LogP contribution in [0.15, 0.2) is 30.3 Å². The summed E-state index contributed by atoms with van der Waals surface area (Å²) >= 11 is 0. The molecule has 0 unspecified atom stereocenters. The van der Waals surface area contributed by atoms with Gasteiger partial charge in [0, 0.05) is 12.6 Å². The van der Waals surface area contributed by atoms with Crippen LogP contribution in [0.2, 0.25) is 0 Å². The van der Waals surface area contributed by atoms with Gasteiger partial charge in [-0.2, -0.15) is 0 Å². The van der Waals surface area contributed by atoms with E-state index in [1.54, 1.807) is 0 Å². The third kappa shape index (κ3) is 3.85. The average molecular weight is 289 g/mol. The highest BCUT2D eigenvalue weighted by Gasteiger charge is 2.36. The number of rotatable bonds is 5. The zero-order valence-electron chi connectivity index (χ0n) is 12.8. The van der Waals surface area contributed by atoms with Crippen LogP contribution in [0.5, 0.6) is 0 Å². The molecule has 0 amide bonds. The summed E-state index contributed by atoms with van der Waals surface area (Å²) in [5.74, 6) is 0. The molecule has 2 fully saturated rings. The first-order chi connectivity index (χ1) is 10.3. The van der Waals surface area contributed by atoms with Crippen LogP contribution in [0.1, 0.15) is 44.1 Å². The lowest BCUT2D eigenvalue weighted by atomic mass is 9.91. The lowest BCUT2D eigenvalue weighted by Crippen LogP contribution is -2.48. The van der Waals surface area contributed by atoms with Crippen molar-refractivity contribution < 1.29 is 9.84 Å². The number of ether oxygens (including phenoxy) is 1. The minimum absolute atomic E-state index is 0.242. The Balaban J connectivity index is 1.52. The van der Waals surface area contributed by atoms with Crippen LogP contribution < -0.4 is 0 Å². The fourth-order valence-electron chi connectivity index (χ4n) is 3.78. The summed E-state index contributed by atoms with van der Waals surface area (Å²) in [5, 5.41) is 10.1. The Morgan fingerprint density at radius 1 is 1.05 bits per heavy atom. The second-order valence-electron chi connectivity index (χ2n) is 6.36. The molecule has 0 bridgehead atoms. The summed E-state index contributed by atoms with van der Waals surface area (Å²) < 4.78 is 6.21. The third-order valence-corrected chi connectivity index (χ3v) is 4.92. The Morgan fingerprint density at radius 3 is 2.62 bits per heavy atom. The number of hydrogen-bond acceptors (Lipinski definition) is 3. The summed E-state index contributed by atoms with van der Waals surface area (Å²) in [5.41, 5.74) is 1.34. The number of hydrogen-bond donors (Lipinski definition) is 1. The maximum atomic E-state index is 10.1. The fourth-order valence-corrected chi connectivity index (χ4v) is 3.78. The van der Waals surface area contributed by atoms with Gasteiger partial charge in [0.1, 0.15) is 6.23 Å². The van der Waals surface area contributed by atoms with Crippen LogP contribution in [0.3, 0.4) is 0 Å². The van der Waals surface area contributed by atoms with Crippen LogP contribution in [0, 0.1) is 0 Å². The molecule has 1 aliphatic carbocycles. The van der Waals surface area contributed by atoms with Crippen molar-refractivity contribution in [3.05, 3.63) is 35.9 Å². The molecule has 0 aromatic heterocycles. The third-order valence-electron chi connectivity index (χ3n) is 4.92. The zero-order valence-corrected chi connectivity index (χ0v) is 12.8. The van der Waals surface area contributed by atoms with Gasteiger partial charge in [0.15, 0.2) is 0 Å². The van der Waals surface area contributed by atoms with Gasteiger partial charge in [0.05, 0.1) is 12.7 Å². The number of benzene rings is 1. The first kappa shape index (κ1) is 15.0. The van der Waals surface area contributed by atoms with Gasteiger partial charge in [0.2, 0.25) is 0 Å². The maximum absolute atomic E-state index is 10.1. The molecule has 116 valence electrons. The highest BCUT2D eigenvalue weighted by molar-refractivity contribution is 5.14. The molecule has 1 saturated carbocycles. The number of likely N-dealkylation sites (tertiary alicyclic amines) is 1. The molecule has 0 radical (unpaired) electrons. The normalized spacial score (nSPS) is 30.6. The Labute approximate surface area is 127 Å². The van der Waals surface area contributed by atoms with Crippen molar-refractivity contribution in [2.24, 2.45) is 0 Å². The smallest absolute Gasteiger partial charge is 0.107 e. The highest BCUT2D eigenvalue weighted by atomic mass is 16.5. The van der Waals surface area contributed by atoms with Crippen molar-refractivity contribution >= 4 is 0 Å². The van der Waals surface area contributed by atoms with E-state index in [1.165, 1.54) is 24.8 Å². The molecular weight excluding hydrogens is 262 g/mol. The monoisotopic (exact) mass is 289 g/mol. The average Bonchev–Trinajstić information content (AvgIpc) is 2.95. The standard InChI is InChI=1S/C18H27NO2/c20-18-11-6-13-19(18)16-9-4-5-10-17(16)21-14-12-15-7-2-1-3-8-15/h1-3,7-8,16-18,20H,4-6,9-14H2/t16-,17-,18-/m1/s1. The largest absolute Gasteiger partial charge is 0.378 e. The van der Waals surface area contributed by atoms with Gasteiger partial charge in [-0.05, 0) is 37.7 Å². The Hall–Kier alpha value is -0.900. The first-order valence-electron chi connectivity index (χ1n) is 8.44. The molecule has 1 aliphatic heterocycles. The van der Waals surface area contributed by atoms with E-state index in [4.69, 9.17) is 4.74 Å².